The second kappa shape index (κ2) is 3.57. The summed E-state index contributed by atoms with van der Waals surface area (Å²) in [5.74, 6) is 0.731. The molecule has 1 fully saturated rings. The van der Waals surface area contributed by atoms with Crippen molar-refractivity contribution >= 4 is 0 Å². The molecule has 0 aromatic carbocycles. The van der Waals surface area contributed by atoms with Crippen LogP contribution in [0.2, 0.25) is 0 Å². The average Bonchev–Trinajstić information content (AvgIpc) is 2.16. The minimum Gasteiger partial charge on any atom is -0.325 e. The molecule has 11 heavy (non-hydrogen) atoms. The minimum absolute atomic E-state index is 0.163. The van der Waals surface area contributed by atoms with Gasteiger partial charge in [-0.1, -0.05) is 33.1 Å². The molecule has 0 amide bonds. The highest BCUT2D eigenvalue weighted by Gasteiger charge is 2.30. The highest BCUT2D eigenvalue weighted by atomic mass is 14.8. The van der Waals surface area contributed by atoms with E-state index >= 15 is 0 Å². The fourth-order valence-electron chi connectivity index (χ4n) is 2.14. The molecule has 2 N–H and O–H groups in total. The van der Waals surface area contributed by atoms with Gasteiger partial charge in [0.2, 0.25) is 0 Å². The molecule has 2 atom stereocenters. The maximum atomic E-state index is 6.30. The van der Waals surface area contributed by atoms with Gasteiger partial charge in [-0.15, -0.1) is 0 Å². The fourth-order valence-corrected chi connectivity index (χ4v) is 2.14. The summed E-state index contributed by atoms with van der Waals surface area (Å²) >= 11 is 0. The fraction of sp³-hybridized carbons (Fsp3) is 1.00. The predicted octanol–water partition coefficient (Wildman–Crippen LogP) is 2.69. The first-order valence-electron chi connectivity index (χ1n) is 4.98. The van der Waals surface area contributed by atoms with Crippen molar-refractivity contribution in [2.24, 2.45) is 11.7 Å². The van der Waals surface area contributed by atoms with Crippen LogP contribution in [0, 0.1) is 5.92 Å². The highest BCUT2D eigenvalue weighted by molar-refractivity contribution is 4.89. The van der Waals surface area contributed by atoms with E-state index in [-0.39, 0.29) is 5.54 Å². The van der Waals surface area contributed by atoms with Crippen LogP contribution >= 0.6 is 0 Å². The largest absolute Gasteiger partial charge is 0.325 e. The van der Waals surface area contributed by atoms with Crippen molar-refractivity contribution in [3.63, 3.8) is 0 Å². The molecular weight excluding hydrogens is 134 g/mol. The number of hydrogen-bond acceptors (Lipinski definition) is 1. The summed E-state index contributed by atoms with van der Waals surface area (Å²) in [6, 6.07) is 0. The van der Waals surface area contributed by atoms with Crippen molar-refractivity contribution < 1.29 is 0 Å². The molecule has 0 spiro atoms. The van der Waals surface area contributed by atoms with E-state index in [1.807, 2.05) is 0 Å². The van der Waals surface area contributed by atoms with Crippen molar-refractivity contribution in [2.75, 3.05) is 0 Å². The smallest absolute Gasteiger partial charge is 0.0177 e. The zero-order valence-corrected chi connectivity index (χ0v) is 7.90. The predicted molar refractivity (Wildman–Crippen MR) is 49.5 cm³/mol. The molecule has 1 saturated carbocycles. The van der Waals surface area contributed by atoms with Gasteiger partial charge in [0, 0.05) is 5.54 Å². The number of nitrogens with two attached hydrogens (primary N) is 1. The molecule has 0 aromatic heterocycles. The Morgan fingerprint density at radius 1 is 1.36 bits per heavy atom. The van der Waals surface area contributed by atoms with Gasteiger partial charge in [-0.05, 0) is 25.2 Å². The Bertz CT molecular complexity index is 122. The molecule has 1 aliphatic rings. The van der Waals surface area contributed by atoms with Crippen LogP contribution in [0.4, 0.5) is 0 Å². The van der Waals surface area contributed by atoms with Crippen LogP contribution in [-0.4, -0.2) is 5.54 Å². The second-order valence-corrected chi connectivity index (χ2v) is 4.09. The summed E-state index contributed by atoms with van der Waals surface area (Å²) in [5.41, 5.74) is 6.47. The van der Waals surface area contributed by atoms with Gasteiger partial charge in [0.25, 0.3) is 0 Å². The van der Waals surface area contributed by atoms with Gasteiger partial charge in [-0.2, -0.15) is 0 Å². The van der Waals surface area contributed by atoms with Crippen LogP contribution in [0.5, 0.6) is 0 Å². The third-order valence-corrected chi connectivity index (χ3v) is 3.42. The lowest BCUT2D eigenvalue weighted by Crippen LogP contribution is -2.44. The van der Waals surface area contributed by atoms with E-state index in [2.05, 4.69) is 13.8 Å². The van der Waals surface area contributed by atoms with Crippen molar-refractivity contribution in [3.8, 4) is 0 Å². The number of hydrogen-bond donors (Lipinski definition) is 1. The van der Waals surface area contributed by atoms with E-state index in [9.17, 15) is 0 Å². The first-order chi connectivity index (χ1) is 5.19. The summed E-state index contributed by atoms with van der Waals surface area (Å²) in [6.07, 6.45) is 7.85. The molecule has 1 heteroatoms. The third kappa shape index (κ3) is 1.96. The monoisotopic (exact) mass is 155 g/mol. The molecule has 0 heterocycles. The Morgan fingerprint density at radius 2 is 2.09 bits per heavy atom. The summed E-state index contributed by atoms with van der Waals surface area (Å²) in [4.78, 5) is 0. The minimum atomic E-state index is 0.163. The molecule has 1 aliphatic carbocycles. The maximum absolute atomic E-state index is 6.30. The van der Waals surface area contributed by atoms with Gasteiger partial charge in [-0.3, -0.25) is 0 Å². The first kappa shape index (κ1) is 9.05. The molecule has 0 radical (unpaired) electrons. The van der Waals surface area contributed by atoms with Crippen LogP contribution in [-0.2, 0) is 0 Å². The summed E-state index contributed by atoms with van der Waals surface area (Å²) in [7, 11) is 0. The molecule has 1 nitrogen and oxygen atoms in total. The van der Waals surface area contributed by atoms with Crippen molar-refractivity contribution in [1.29, 1.82) is 0 Å². The molecule has 0 saturated heterocycles. The van der Waals surface area contributed by atoms with Crippen molar-refractivity contribution in [1.82, 2.24) is 0 Å². The first-order valence-corrected chi connectivity index (χ1v) is 4.98. The van der Waals surface area contributed by atoms with E-state index in [0.717, 1.165) is 12.3 Å². The van der Waals surface area contributed by atoms with E-state index in [1.54, 1.807) is 0 Å². The van der Waals surface area contributed by atoms with Gasteiger partial charge < -0.3 is 5.73 Å². The Morgan fingerprint density at radius 3 is 2.73 bits per heavy atom. The van der Waals surface area contributed by atoms with E-state index in [1.165, 1.54) is 32.1 Å². The standard InChI is InChI=1S/C10H21N/c1-3-10(11)8-6-4-5-7-9(10)2/h9H,3-8,11H2,1-2H3. The molecule has 0 bridgehead atoms. The Hall–Kier alpha value is -0.0400. The Labute approximate surface area is 70.4 Å². The van der Waals surface area contributed by atoms with Crippen LogP contribution in [0.1, 0.15) is 52.4 Å². The lowest BCUT2D eigenvalue weighted by atomic mass is 9.80. The maximum Gasteiger partial charge on any atom is 0.0177 e. The number of rotatable bonds is 1. The SMILES string of the molecule is CCC1(N)CCCCCC1C. The zero-order valence-electron chi connectivity index (χ0n) is 7.90. The Balaban J connectivity index is 2.58. The third-order valence-electron chi connectivity index (χ3n) is 3.42. The van der Waals surface area contributed by atoms with Crippen LogP contribution < -0.4 is 5.73 Å². The molecule has 2 unspecified atom stereocenters. The normalized spacial score (nSPS) is 40.1. The lowest BCUT2D eigenvalue weighted by Gasteiger charge is -2.33. The van der Waals surface area contributed by atoms with Gasteiger partial charge in [0.05, 0.1) is 0 Å². The molecule has 0 aliphatic heterocycles. The van der Waals surface area contributed by atoms with Gasteiger partial charge in [0.15, 0.2) is 0 Å². The van der Waals surface area contributed by atoms with Gasteiger partial charge in [-0.25, -0.2) is 0 Å². The van der Waals surface area contributed by atoms with Crippen LogP contribution in [0.3, 0.4) is 0 Å². The molecule has 66 valence electrons. The van der Waals surface area contributed by atoms with Crippen molar-refractivity contribution in [3.05, 3.63) is 0 Å². The topological polar surface area (TPSA) is 26.0 Å². The zero-order chi connectivity index (χ0) is 8.32. The van der Waals surface area contributed by atoms with Gasteiger partial charge >= 0.3 is 0 Å². The van der Waals surface area contributed by atoms with E-state index in [4.69, 9.17) is 5.73 Å². The quantitative estimate of drug-likeness (QED) is 0.579. The van der Waals surface area contributed by atoms with Gasteiger partial charge in [0.1, 0.15) is 0 Å². The lowest BCUT2D eigenvalue weighted by molar-refractivity contribution is 0.262. The molecule has 1 rings (SSSR count). The summed E-state index contributed by atoms with van der Waals surface area (Å²) in [6.45, 7) is 4.54. The second-order valence-electron chi connectivity index (χ2n) is 4.09. The van der Waals surface area contributed by atoms with E-state index < -0.39 is 0 Å². The summed E-state index contributed by atoms with van der Waals surface area (Å²) < 4.78 is 0. The highest BCUT2D eigenvalue weighted by Crippen LogP contribution is 2.32. The summed E-state index contributed by atoms with van der Waals surface area (Å²) in [5, 5.41) is 0. The molecule has 0 aromatic rings. The molecular formula is C10H21N. The van der Waals surface area contributed by atoms with Crippen LogP contribution in [0.25, 0.3) is 0 Å². The van der Waals surface area contributed by atoms with Crippen molar-refractivity contribution in [2.45, 2.75) is 57.9 Å². The van der Waals surface area contributed by atoms with Crippen LogP contribution in [0.15, 0.2) is 0 Å². The van der Waals surface area contributed by atoms with E-state index in [0.29, 0.717) is 0 Å². The average molecular weight is 155 g/mol. The Kier molecular flexibility index (Phi) is 2.94.